The topological polar surface area (TPSA) is 114 Å². The van der Waals surface area contributed by atoms with Crippen molar-refractivity contribution in [3.05, 3.63) is 60.8 Å². The van der Waals surface area contributed by atoms with Crippen LogP contribution in [-0.4, -0.2) is 40.3 Å². The molecule has 33 heavy (non-hydrogen) atoms. The van der Waals surface area contributed by atoms with Crippen LogP contribution in [0.5, 0.6) is 11.5 Å². The first-order valence-electron chi connectivity index (χ1n) is 9.79. The van der Waals surface area contributed by atoms with Crippen molar-refractivity contribution < 1.29 is 9.29 Å². The number of anilines is 2. The Morgan fingerprint density at radius 1 is 1.09 bits per heavy atom. The largest absolute Gasteiger partial charge is 0.609 e. The van der Waals surface area contributed by atoms with Gasteiger partial charge in [0.05, 0.1) is 29.1 Å². The van der Waals surface area contributed by atoms with Crippen LogP contribution >= 0.6 is 0 Å². The number of nitrogens with zero attached hydrogens (tertiary/aromatic N) is 6. The average Bonchev–Trinajstić information content (AvgIpc) is 3.19. The third-order valence-corrected chi connectivity index (χ3v) is 5.65. The SMILES string of the molecule is C#Cc1cc(Nc2ncnc3cnc([S+](C)[O-])nc23)ccc1Oc1ccc2c(c1)ncn2C. The fourth-order valence-corrected chi connectivity index (χ4v) is 3.74. The lowest BCUT2D eigenvalue weighted by Gasteiger charge is -2.12. The summed E-state index contributed by atoms with van der Waals surface area (Å²) in [5.41, 5.74) is 4.08. The number of terminal acetylenes is 1. The number of hydrogen-bond acceptors (Lipinski definition) is 8. The smallest absolute Gasteiger partial charge is 0.343 e. The van der Waals surface area contributed by atoms with Crippen LogP contribution in [0, 0.1) is 12.3 Å². The summed E-state index contributed by atoms with van der Waals surface area (Å²) in [5, 5.41) is 3.41. The summed E-state index contributed by atoms with van der Waals surface area (Å²) in [7, 11) is 1.94. The zero-order valence-corrected chi connectivity index (χ0v) is 18.5. The average molecular weight is 456 g/mol. The van der Waals surface area contributed by atoms with Gasteiger partial charge in [0, 0.05) is 30.0 Å². The highest BCUT2D eigenvalue weighted by molar-refractivity contribution is 7.90. The molecule has 0 radical (unpaired) electrons. The van der Waals surface area contributed by atoms with Crippen molar-refractivity contribution >= 4 is 44.7 Å². The molecular formula is C23H17N7O2S. The highest BCUT2D eigenvalue weighted by Crippen LogP contribution is 2.30. The lowest BCUT2D eigenvalue weighted by Crippen LogP contribution is -2.06. The first-order chi connectivity index (χ1) is 16.0. The van der Waals surface area contributed by atoms with Gasteiger partial charge in [0.2, 0.25) is 0 Å². The predicted molar refractivity (Wildman–Crippen MR) is 126 cm³/mol. The standard InChI is InChI=1S/C23H17N7O2S/c1-4-14-9-15(28-22-21-18(25-12-26-22)11-24-23(29-21)33(3)31)5-8-20(14)32-16-6-7-19-17(10-16)27-13-30(19)2/h1,5-13H,2-3H3,(H,25,26,28). The van der Waals surface area contributed by atoms with Crippen LogP contribution in [0.15, 0.2) is 60.4 Å². The van der Waals surface area contributed by atoms with Gasteiger partial charge in [-0.25, -0.2) is 15.0 Å². The van der Waals surface area contributed by atoms with Gasteiger partial charge < -0.3 is 19.2 Å². The summed E-state index contributed by atoms with van der Waals surface area (Å²) < 4.78 is 19.8. The number of fused-ring (bicyclic) bond motifs is 2. The summed E-state index contributed by atoms with van der Waals surface area (Å²) in [6.07, 6.45) is 11.9. The Labute approximate surface area is 192 Å². The van der Waals surface area contributed by atoms with Gasteiger partial charge in [0.25, 0.3) is 0 Å². The Bertz CT molecular complexity index is 1540. The number of rotatable bonds is 5. The first kappa shape index (κ1) is 20.7. The van der Waals surface area contributed by atoms with E-state index in [-0.39, 0.29) is 5.16 Å². The number of nitrogens with one attached hydrogen (secondary N) is 1. The van der Waals surface area contributed by atoms with Crippen LogP contribution < -0.4 is 10.1 Å². The second kappa shape index (κ2) is 8.38. The molecule has 0 saturated carbocycles. The van der Waals surface area contributed by atoms with E-state index in [9.17, 15) is 4.55 Å². The van der Waals surface area contributed by atoms with E-state index in [0.717, 1.165) is 11.0 Å². The van der Waals surface area contributed by atoms with Gasteiger partial charge >= 0.3 is 5.16 Å². The minimum Gasteiger partial charge on any atom is -0.609 e. The highest BCUT2D eigenvalue weighted by Gasteiger charge is 2.14. The number of ether oxygens (including phenoxy) is 1. The Morgan fingerprint density at radius 2 is 1.97 bits per heavy atom. The molecule has 3 heterocycles. The molecule has 2 aromatic carbocycles. The van der Waals surface area contributed by atoms with E-state index in [1.165, 1.54) is 18.8 Å². The van der Waals surface area contributed by atoms with Crippen molar-refractivity contribution in [1.29, 1.82) is 0 Å². The molecule has 0 aliphatic carbocycles. The molecule has 0 aliphatic heterocycles. The van der Waals surface area contributed by atoms with Gasteiger partial charge in [-0.2, -0.15) is 9.97 Å². The van der Waals surface area contributed by atoms with Gasteiger partial charge in [0.15, 0.2) is 5.82 Å². The normalized spacial score (nSPS) is 11.9. The van der Waals surface area contributed by atoms with Crippen LogP contribution in [0.4, 0.5) is 11.5 Å². The second-order valence-electron chi connectivity index (χ2n) is 7.15. The fraction of sp³-hybridized carbons (Fsp3) is 0.0870. The van der Waals surface area contributed by atoms with Crippen molar-refractivity contribution in [3.8, 4) is 23.8 Å². The van der Waals surface area contributed by atoms with Gasteiger partial charge in [-0.15, -0.1) is 6.42 Å². The van der Waals surface area contributed by atoms with Gasteiger partial charge in [-0.3, -0.25) is 0 Å². The zero-order valence-electron chi connectivity index (χ0n) is 17.7. The minimum absolute atomic E-state index is 0.207. The summed E-state index contributed by atoms with van der Waals surface area (Å²) >= 11 is -1.33. The molecule has 10 heteroatoms. The molecule has 0 bridgehead atoms. The van der Waals surface area contributed by atoms with Crippen LogP contribution in [0.2, 0.25) is 0 Å². The van der Waals surface area contributed by atoms with E-state index in [1.807, 2.05) is 35.9 Å². The van der Waals surface area contributed by atoms with Crippen molar-refractivity contribution in [2.45, 2.75) is 5.16 Å². The molecule has 0 saturated heterocycles. The predicted octanol–water partition coefficient (Wildman–Crippen LogP) is 3.56. The van der Waals surface area contributed by atoms with Crippen molar-refractivity contribution in [2.24, 2.45) is 7.05 Å². The molecule has 162 valence electrons. The molecule has 0 spiro atoms. The molecule has 0 aliphatic rings. The van der Waals surface area contributed by atoms with E-state index >= 15 is 0 Å². The Hall–Kier alpha value is -4.20. The van der Waals surface area contributed by atoms with Crippen LogP contribution in [-0.2, 0) is 18.2 Å². The summed E-state index contributed by atoms with van der Waals surface area (Å²) in [4.78, 5) is 21.2. The Balaban J connectivity index is 1.45. The Kier molecular flexibility index (Phi) is 5.26. The van der Waals surface area contributed by atoms with Crippen LogP contribution in [0.1, 0.15) is 5.56 Å². The molecule has 3 aromatic heterocycles. The number of aromatic nitrogens is 6. The van der Waals surface area contributed by atoms with Crippen molar-refractivity contribution in [2.75, 3.05) is 11.6 Å². The molecule has 5 aromatic rings. The van der Waals surface area contributed by atoms with Crippen molar-refractivity contribution in [1.82, 2.24) is 29.5 Å². The lowest BCUT2D eigenvalue weighted by molar-refractivity contribution is 0.482. The summed E-state index contributed by atoms with van der Waals surface area (Å²) in [6, 6.07) is 11.1. The minimum atomic E-state index is -1.33. The molecule has 1 atom stereocenters. The van der Waals surface area contributed by atoms with E-state index in [4.69, 9.17) is 11.2 Å². The molecule has 1 unspecified atom stereocenters. The van der Waals surface area contributed by atoms with Crippen LogP contribution in [0.25, 0.3) is 22.1 Å². The summed E-state index contributed by atoms with van der Waals surface area (Å²) in [6.45, 7) is 0. The number of benzene rings is 2. The first-order valence-corrected chi connectivity index (χ1v) is 11.4. The van der Waals surface area contributed by atoms with Crippen molar-refractivity contribution in [3.63, 3.8) is 0 Å². The highest BCUT2D eigenvalue weighted by atomic mass is 32.2. The third kappa shape index (κ3) is 4.03. The summed E-state index contributed by atoms with van der Waals surface area (Å²) in [5.74, 6) is 4.29. The van der Waals surface area contributed by atoms with Crippen LogP contribution in [0.3, 0.4) is 0 Å². The fourth-order valence-electron chi connectivity index (χ4n) is 3.32. The van der Waals surface area contributed by atoms with Gasteiger partial charge in [-0.1, -0.05) is 5.92 Å². The van der Waals surface area contributed by atoms with E-state index in [0.29, 0.717) is 39.6 Å². The monoisotopic (exact) mass is 455 g/mol. The second-order valence-corrected chi connectivity index (χ2v) is 8.42. The molecule has 1 N–H and O–H groups in total. The molecule has 5 rings (SSSR count). The number of hydrogen-bond donors (Lipinski definition) is 1. The maximum atomic E-state index is 11.8. The molecule has 0 amide bonds. The maximum absolute atomic E-state index is 11.8. The number of aryl methyl sites for hydroxylation is 1. The Morgan fingerprint density at radius 3 is 2.79 bits per heavy atom. The number of imidazole rings is 1. The molecular weight excluding hydrogens is 438 g/mol. The third-order valence-electron chi connectivity index (χ3n) is 4.93. The van der Waals surface area contributed by atoms with E-state index in [2.05, 4.69) is 36.2 Å². The quantitative estimate of drug-likeness (QED) is 0.243. The molecule has 0 fully saturated rings. The van der Waals surface area contributed by atoms with E-state index < -0.39 is 11.2 Å². The van der Waals surface area contributed by atoms with Gasteiger partial charge in [0.1, 0.15) is 35.1 Å². The van der Waals surface area contributed by atoms with Gasteiger partial charge in [-0.05, 0) is 30.3 Å². The zero-order chi connectivity index (χ0) is 22.9. The van der Waals surface area contributed by atoms with E-state index in [1.54, 1.807) is 18.5 Å². The molecule has 9 nitrogen and oxygen atoms in total. The maximum Gasteiger partial charge on any atom is 0.343 e. The lowest BCUT2D eigenvalue weighted by atomic mass is 10.2.